The summed E-state index contributed by atoms with van der Waals surface area (Å²) in [7, 11) is 1.49. The normalized spacial score (nSPS) is 17.0. The minimum absolute atomic E-state index is 0.102. The van der Waals surface area contributed by atoms with Crippen molar-refractivity contribution in [1.82, 2.24) is 5.32 Å². The van der Waals surface area contributed by atoms with E-state index in [4.69, 9.17) is 19.5 Å². The maximum absolute atomic E-state index is 11.7. The first-order chi connectivity index (χ1) is 10.2. The number of methoxy groups -OCH3 is 1. The van der Waals surface area contributed by atoms with Crippen LogP contribution in [0.15, 0.2) is 18.2 Å². The predicted octanol–water partition coefficient (Wildman–Crippen LogP) is 1.24. The third-order valence-corrected chi connectivity index (χ3v) is 3.20. The first-order valence-corrected chi connectivity index (χ1v) is 6.82. The highest BCUT2D eigenvalue weighted by molar-refractivity contribution is 5.77. The Bertz CT molecular complexity index is 533. The molecule has 0 bridgehead atoms. The number of nitriles is 1. The monoisotopic (exact) mass is 290 g/mol. The van der Waals surface area contributed by atoms with E-state index in [0.29, 0.717) is 23.6 Å². The average Bonchev–Trinajstić information content (AvgIpc) is 3.04. The number of carbonyl (C=O) groups excluding carboxylic acids is 1. The number of amides is 1. The zero-order valence-corrected chi connectivity index (χ0v) is 11.9. The van der Waals surface area contributed by atoms with Crippen molar-refractivity contribution < 1.29 is 19.0 Å². The Balaban J connectivity index is 1.81. The van der Waals surface area contributed by atoms with Gasteiger partial charge in [0.15, 0.2) is 18.1 Å². The van der Waals surface area contributed by atoms with Crippen molar-refractivity contribution in [3.05, 3.63) is 23.8 Å². The van der Waals surface area contributed by atoms with E-state index in [9.17, 15) is 4.79 Å². The van der Waals surface area contributed by atoms with Gasteiger partial charge in [-0.2, -0.15) is 5.26 Å². The summed E-state index contributed by atoms with van der Waals surface area (Å²) < 4.78 is 16.0. The number of rotatable bonds is 6. The molecule has 1 atom stereocenters. The maximum Gasteiger partial charge on any atom is 0.258 e. The molecule has 1 heterocycles. The lowest BCUT2D eigenvalue weighted by Crippen LogP contribution is -2.35. The van der Waals surface area contributed by atoms with Gasteiger partial charge in [-0.25, -0.2) is 0 Å². The van der Waals surface area contributed by atoms with Crippen LogP contribution < -0.4 is 14.8 Å². The summed E-state index contributed by atoms with van der Waals surface area (Å²) in [5, 5.41) is 11.6. The number of benzene rings is 1. The largest absolute Gasteiger partial charge is 0.493 e. The van der Waals surface area contributed by atoms with Crippen LogP contribution in [0.3, 0.4) is 0 Å². The van der Waals surface area contributed by atoms with Gasteiger partial charge in [0.2, 0.25) is 0 Å². The van der Waals surface area contributed by atoms with E-state index in [0.717, 1.165) is 19.4 Å². The van der Waals surface area contributed by atoms with Crippen LogP contribution in [0.2, 0.25) is 0 Å². The van der Waals surface area contributed by atoms with Crippen LogP contribution in [0.5, 0.6) is 11.5 Å². The highest BCUT2D eigenvalue weighted by Gasteiger charge is 2.16. The van der Waals surface area contributed by atoms with Gasteiger partial charge in [-0.15, -0.1) is 0 Å². The van der Waals surface area contributed by atoms with Crippen molar-refractivity contribution in [2.24, 2.45) is 0 Å². The van der Waals surface area contributed by atoms with E-state index in [2.05, 4.69) is 5.32 Å². The summed E-state index contributed by atoms with van der Waals surface area (Å²) in [5.74, 6) is 0.654. The Morgan fingerprint density at radius 3 is 3.05 bits per heavy atom. The fourth-order valence-corrected chi connectivity index (χ4v) is 2.08. The molecule has 1 aliphatic heterocycles. The molecule has 1 saturated heterocycles. The van der Waals surface area contributed by atoms with Crippen LogP contribution in [-0.2, 0) is 9.53 Å². The first kappa shape index (κ1) is 15.1. The highest BCUT2D eigenvalue weighted by atomic mass is 16.5. The van der Waals surface area contributed by atoms with E-state index >= 15 is 0 Å². The summed E-state index contributed by atoms with van der Waals surface area (Å²) in [4.78, 5) is 11.7. The highest BCUT2D eigenvalue weighted by Crippen LogP contribution is 2.27. The van der Waals surface area contributed by atoms with Crippen LogP contribution in [0.4, 0.5) is 0 Å². The molecule has 0 radical (unpaired) electrons. The Labute approximate surface area is 123 Å². The minimum atomic E-state index is -0.211. The number of hydrogen-bond acceptors (Lipinski definition) is 5. The van der Waals surface area contributed by atoms with Crippen LogP contribution in [0, 0.1) is 11.3 Å². The van der Waals surface area contributed by atoms with Crippen molar-refractivity contribution in [3.63, 3.8) is 0 Å². The molecule has 1 aliphatic rings. The average molecular weight is 290 g/mol. The van der Waals surface area contributed by atoms with Crippen molar-refractivity contribution in [1.29, 1.82) is 5.26 Å². The molecule has 21 heavy (non-hydrogen) atoms. The topological polar surface area (TPSA) is 80.6 Å². The van der Waals surface area contributed by atoms with Gasteiger partial charge in [0.25, 0.3) is 5.91 Å². The molecule has 1 aromatic rings. The van der Waals surface area contributed by atoms with E-state index in [1.54, 1.807) is 18.2 Å². The van der Waals surface area contributed by atoms with E-state index in [1.807, 2.05) is 6.07 Å². The second-order valence-corrected chi connectivity index (χ2v) is 4.71. The summed E-state index contributed by atoms with van der Waals surface area (Å²) in [6, 6.07) is 6.81. The molecule has 1 N–H and O–H groups in total. The van der Waals surface area contributed by atoms with Crippen LogP contribution in [-0.4, -0.2) is 38.9 Å². The van der Waals surface area contributed by atoms with E-state index < -0.39 is 0 Å². The summed E-state index contributed by atoms with van der Waals surface area (Å²) in [6.07, 6.45) is 2.13. The number of carbonyl (C=O) groups is 1. The van der Waals surface area contributed by atoms with Gasteiger partial charge in [-0.1, -0.05) is 0 Å². The van der Waals surface area contributed by atoms with Gasteiger partial charge < -0.3 is 19.5 Å². The van der Waals surface area contributed by atoms with Crippen molar-refractivity contribution in [3.8, 4) is 17.6 Å². The molecule has 1 aromatic carbocycles. The Morgan fingerprint density at radius 2 is 2.38 bits per heavy atom. The van der Waals surface area contributed by atoms with Crippen molar-refractivity contribution in [2.75, 3.05) is 26.9 Å². The lowest BCUT2D eigenvalue weighted by atomic mass is 10.2. The molecule has 0 aromatic heterocycles. The van der Waals surface area contributed by atoms with Gasteiger partial charge in [0, 0.05) is 19.2 Å². The summed E-state index contributed by atoms with van der Waals surface area (Å²) >= 11 is 0. The fourth-order valence-electron chi connectivity index (χ4n) is 2.08. The zero-order chi connectivity index (χ0) is 15.1. The van der Waals surface area contributed by atoms with Crippen LogP contribution >= 0.6 is 0 Å². The Kier molecular flexibility index (Phi) is 5.41. The molecular formula is C15H18N2O4. The van der Waals surface area contributed by atoms with Crippen molar-refractivity contribution >= 4 is 5.91 Å². The molecular weight excluding hydrogens is 272 g/mol. The predicted molar refractivity (Wildman–Crippen MR) is 75.2 cm³/mol. The third-order valence-electron chi connectivity index (χ3n) is 3.20. The molecule has 0 spiro atoms. The van der Waals surface area contributed by atoms with Gasteiger partial charge >= 0.3 is 0 Å². The fraction of sp³-hybridized carbons (Fsp3) is 0.467. The molecule has 0 saturated carbocycles. The number of ether oxygens (including phenoxy) is 3. The van der Waals surface area contributed by atoms with Gasteiger partial charge in [-0.05, 0) is 25.0 Å². The lowest BCUT2D eigenvalue weighted by Gasteiger charge is -2.13. The molecule has 6 nitrogen and oxygen atoms in total. The smallest absolute Gasteiger partial charge is 0.258 e. The van der Waals surface area contributed by atoms with Crippen molar-refractivity contribution in [2.45, 2.75) is 18.9 Å². The third kappa shape index (κ3) is 4.36. The second-order valence-electron chi connectivity index (χ2n) is 4.71. The first-order valence-electron chi connectivity index (χ1n) is 6.82. The molecule has 1 unspecified atom stereocenters. The number of nitrogens with one attached hydrogen (secondary N) is 1. The van der Waals surface area contributed by atoms with E-state index in [1.165, 1.54) is 7.11 Å². The Morgan fingerprint density at radius 1 is 1.52 bits per heavy atom. The number of hydrogen-bond donors (Lipinski definition) is 1. The van der Waals surface area contributed by atoms with Crippen LogP contribution in [0.25, 0.3) is 0 Å². The van der Waals surface area contributed by atoms with Gasteiger partial charge in [0.05, 0.1) is 24.8 Å². The minimum Gasteiger partial charge on any atom is -0.493 e. The van der Waals surface area contributed by atoms with Crippen LogP contribution in [0.1, 0.15) is 18.4 Å². The zero-order valence-electron chi connectivity index (χ0n) is 11.9. The quantitative estimate of drug-likeness (QED) is 0.852. The summed E-state index contributed by atoms with van der Waals surface area (Å²) in [6.45, 7) is 1.17. The molecule has 0 aliphatic carbocycles. The SMILES string of the molecule is COc1cc(C#N)ccc1OCC(=O)NCC1CCCO1. The molecule has 6 heteroatoms. The molecule has 2 rings (SSSR count). The maximum atomic E-state index is 11.7. The summed E-state index contributed by atoms with van der Waals surface area (Å²) in [5.41, 5.74) is 0.474. The molecule has 1 fully saturated rings. The van der Waals surface area contributed by atoms with E-state index in [-0.39, 0.29) is 18.6 Å². The van der Waals surface area contributed by atoms with Gasteiger partial charge in [0.1, 0.15) is 0 Å². The number of nitrogens with zero attached hydrogens (tertiary/aromatic N) is 1. The second kappa shape index (κ2) is 7.50. The molecule has 1 amide bonds. The standard InChI is InChI=1S/C15H18N2O4/c1-19-14-7-11(8-16)4-5-13(14)21-10-15(18)17-9-12-3-2-6-20-12/h4-5,7,12H,2-3,6,9-10H2,1H3,(H,17,18). The molecule has 112 valence electrons. The lowest BCUT2D eigenvalue weighted by molar-refractivity contribution is -0.123. The van der Waals surface area contributed by atoms with Gasteiger partial charge in [-0.3, -0.25) is 4.79 Å². The Hall–Kier alpha value is -2.26.